The molecule has 9 nitrogen and oxygen atoms in total. The first-order chi connectivity index (χ1) is 16.7. The van der Waals surface area contributed by atoms with Crippen molar-refractivity contribution in [2.75, 3.05) is 66.3 Å². The Morgan fingerprint density at radius 1 is 1.15 bits per heavy atom. The predicted molar refractivity (Wildman–Crippen MR) is 129 cm³/mol. The lowest BCUT2D eigenvalue weighted by Crippen LogP contribution is -2.59. The molecule has 5 rings (SSSR count). The number of pyridine rings is 1. The van der Waals surface area contributed by atoms with Crippen LogP contribution in [0.1, 0.15) is 22.0 Å². The number of morpholine rings is 1. The Morgan fingerprint density at radius 2 is 1.97 bits per heavy atom. The van der Waals surface area contributed by atoms with E-state index in [2.05, 4.69) is 16.4 Å². The fourth-order valence-corrected chi connectivity index (χ4v) is 5.82. The molecule has 1 unspecified atom stereocenters. The second kappa shape index (κ2) is 10.3. The summed E-state index contributed by atoms with van der Waals surface area (Å²) >= 11 is 1.68. The van der Waals surface area contributed by atoms with Gasteiger partial charge in [-0.05, 0) is 18.2 Å². The first kappa shape index (κ1) is 23.1. The smallest absolute Gasteiger partial charge is 0.287 e. The number of quaternary nitrogens is 1. The highest BCUT2D eigenvalue weighted by Gasteiger charge is 2.37. The molecule has 1 atom stereocenters. The van der Waals surface area contributed by atoms with Gasteiger partial charge in [-0.2, -0.15) is 4.98 Å². The van der Waals surface area contributed by atoms with E-state index in [0.717, 1.165) is 46.3 Å². The van der Waals surface area contributed by atoms with E-state index in [0.29, 0.717) is 49.6 Å². The molecule has 1 N–H and O–H groups in total. The Kier molecular flexibility index (Phi) is 7.02. The minimum Gasteiger partial charge on any atom is -0.494 e. The molecule has 0 aliphatic carbocycles. The third-order valence-corrected chi connectivity index (χ3v) is 7.70. The maximum atomic E-state index is 12.5. The number of aromatic nitrogens is 2. The van der Waals surface area contributed by atoms with E-state index in [4.69, 9.17) is 23.9 Å². The van der Waals surface area contributed by atoms with Gasteiger partial charge in [-0.25, -0.2) is 0 Å². The van der Waals surface area contributed by atoms with Gasteiger partial charge < -0.3 is 24.3 Å². The van der Waals surface area contributed by atoms with E-state index in [1.807, 2.05) is 6.07 Å². The Balaban J connectivity index is 1.43. The van der Waals surface area contributed by atoms with Crippen LogP contribution in [0.2, 0.25) is 0 Å². The van der Waals surface area contributed by atoms with Crippen LogP contribution in [0.5, 0.6) is 5.75 Å². The fourth-order valence-electron chi connectivity index (χ4n) is 4.47. The number of ether oxygens (including phenoxy) is 4. The van der Waals surface area contributed by atoms with Crippen molar-refractivity contribution in [2.24, 2.45) is 0 Å². The molecule has 0 spiro atoms. The molecule has 4 heterocycles. The maximum Gasteiger partial charge on any atom is 0.287 e. The summed E-state index contributed by atoms with van der Waals surface area (Å²) in [4.78, 5) is 21.6. The summed E-state index contributed by atoms with van der Waals surface area (Å²) < 4.78 is 24.7. The number of carbonyl (C=O) groups is 1. The second-order valence-corrected chi connectivity index (χ2v) is 9.36. The van der Waals surface area contributed by atoms with Crippen molar-refractivity contribution in [1.82, 2.24) is 19.8 Å². The van der Waals surface area contributed by atoms with E-state index in [9.17, 15) is 4.79 Å². The van der Waals surface area contributed by atoms with Crippen LogP contribution < -0.4 is 14.5 Å². The highest BCUT2D eigenvalue weighted by atomic mass is 32.1. The average Bonchev–Trinajstić information content (AvgIpc) is 3.36. The van der Waals surface area contributed by atoms with Crippen LogP contribution in [0.15, 0.2) is 36.7 Å². The second-order valence-electron chi connectivity index (χ2n) is 8.39. The van der Waals surface area contributed by atoms with Gasteiger partial charge in [0.05, 0.1) is 51.4 Å². The van der Waals surface area contributed by atoms with Crippen molar-refractivity contribution in [1.29, 1.82) is 0 Å². The van der Waals surface area contributed by atoms with Gasteiger partial charge in [-0.3, -0.25) is 14.3 Å². The maximum absolute atomic E-state index is 12.5. The molecule has 2 saturated heterocycles. The average molecular weight is 486 g/mol. The van der Waals surface area contributed by atoms with Gasteiger partial charge in [0.1, 0.15) is 37.0 Å². The fraction of sp³-hybridized carbons (Fsp3) is 0.458. The zero-order chi connectivity index (χ0) is 23.4. The normalized spacial score (nSPS) is 20.2. The Hall–Kier alpha value is -2.63. The van der Waals surface area contributed by atoms with E-state index in [1.54, 1.807) is 43.0 Å². The van der Waals surface area contributed by atoms with Crippen LogP contribution in [0.3, 0.4) is 0 Å². The van der Waals surface area contributed by atoms with Crippen molar-refractivity contribution in [3.8, 4) is 5.75 Å². The number of rotatable bonds is 7. The number of fused-ring (bicyclic) bond motifs is 1. The van der Waals surface area contributed by atoms with Crippen molar-refractivity contribution in [2.45, 2.75) is 6.10 Å². The quantitative estimate of drug-likeness (QED) is 0.514. The standard InChI is InChI=1S/C24H28N4O5S/c1-30-19-3-2-18(20-16-32-14-15-33-20)22-21(19)27-24(34-22)28(10-12-31-13-11-28)9-8-26-23(29)17-4-6-25-7-5-17/h2-7,20H,8-16H2,1H3/p+1. The Labute approximate surface area is 202 Å². The van der Waals surface area contributed by atoms with Crippen LogP contribution in [0.25, 0.3) is 10.2 Å². The molecule has 10 heteroatoms. The zero-order valence-corrected chi connectivity index (χ0v) is 20.0. The topological polar surface area (TPSA) is 91.8 Å². The van der Waals surface area contributed by atoms with Gasteiger partial charge in [-0.1, -0.05) is 17.4 Å². The van der Waals surface area contributed by atoms with Crippen molar-refractivity contribution >= 4 is 32.6 Å². The van der Waals surface area contributed by atoms with Crippen molar-refractivity contribution in [3.05, 3.63) is 47.8 Å². The van der Waals surface area contributed by atoms with Crippen LogP contribution in [0, 0.1) is 0 Å². The third kappa shape index (κ3) is 4.64. The van der Waals surface area contributed by atoms with Gasteiger partial charge in [0.25, 0.3) is 11.0 Å². The number of benzene rings is 1. The summed E-state index contributed by atoms with van der Waals surface area (Å²) in [5.74, 6) is 0.645. The monoisotopic (exact) mass is 485 g/mol. The van der Waals surface area contributed by atoms with E-state index >= 15 is 0 Å². The number of hydrogen-bond donors (Lipinski definition) is 1. The zero-order valence-electron chi connectivity index (χ0n) is 19.2. The summed E-state index contributed by atoms with van der Waals surface area (Å²) in [6.45, 7) is 5.88. The molecular weight excluding hydrogens is 456 g/mol. The van der Waals surface area contributed by atoms with Crippen molar-refractivity contribution < 1.29 is 23.7 Å². The molecule has 0 radical (unpaired) electrons. The SMILES string of the molecule is COc1ccc(C2COCCO2)c2sc([N+]3(CCNC(=O)c4ccncc4)CCOCC3)nc12. The van der Waals surface area contributed by atoms with Crippen LogP contribution in [-0.4, -0.2) is 82.2 Å². The van der Waals surface area contributed by atoms with Gasteiger partial charge in [0.2, 0.25) is 0 Å². The number of nitrogens with zero attached hydrogens (tertiary/aromatic N) is 3. The van der Waals surface area contributed by atoms with Gasteiger partial charge >= 0.3 is 0 Å². The molecule has 2 fully saturated rings. The lowest BCUT2D eigenvalue weighted by molar-refractivity contribution is -0.0895. The summed E-state index contributed by atoms with van der Waals surface area (Å²) in [6, 6.07) is 7.44. The largest absolute Gasteiger partial charge is 0.494 e. The first-order valence-corrected chi connectivity index (χ1v) is 12.3. The summed E-state index contributed by atoms with van der Waals surface area (Å²) in [6.07, 6.45) is 3.13. The minimum absolute atomic E-state index is 0.100. The van der Waals surface area contributed by atoms with Gasteiger partial charge in [-0.15, -0.1) is 0 Å². The molecule has 1 aromatic carbocycles. The van der Waals surface area contributed by atoms with E-state index < -0.39 is 0 Å². The Morgan fingerprint density at radius 3 is 2.71 bits per heavy atom. The number of nitrogens with one attached hydrogen (secondary N) is 1. The van der Waals surface area contributed by atoms with Crippen molar-refractivity contribution in [3.63, 3.8) is 0 Å². The van der Waals surface area contributed by atoms with Crippen LogP contribution in [-0.2, 0) is 14.2 Å². The molecule has 180 valence electrons. The molecule has 0 saturated carbocycles. The molecule has 2 aromatic heterocycles. The predicted octanol–water partition coefficient (Wildman–Crippen LogP) is 2.56. The number of methoxy groups -OCH3 is 1. The molecule has 0 bridgehead atoms. The third-order valence-electron chi connectivity index (χ3n) is 6.41. The highest BCUT2D eigenvalue weighted by Crippen LogP contribution is 2.42. The lowest BCUT2D eigenvalue weighted by Gasteiger charge is -2.38. The lowest BCUT2D eigenvalue weighted by atomic mass is 10.1. The molecule has 34 heavy (non-hydrogen) atoms. The summed E-state index contributed by atoms with van der Waals surface area (Å²) in [7, 11) is 1.67. The number of carbonyl (C=O) groups excluding carboxylic acids is 1. The van der Waals surface area contributed by atoms with E-state index in [1.165, 1.54) is 0 Å². The summed E-state index contributed by atoms with van der Waals surface area (Å²) in [5, 5.41) is 4.05. The minimum atomic E-state index is -0.117. The number of amides is 1. The molecular formula is C24H29N4O5S+. The number of thiazole rings is 1. The molecule has 1 amide bonds. The molecule has 2 aliphatic heterocycles. The van der Waals surface area contributed by atoms with E-state index in [-0.39, 0.29) is 12.0 Å². The van der Waals surface area contributed by atoms with Gasteiger partial charge in [0.15, 0.2) is 0 Å². The van der Waals surface area contributed by atoms with Gasteiger partial charge in [0, 0.05) is 23.5 Å². The molecule has 2 aliphatic rings. The number of hydrogen-bond acceptors (Lipinski definition) is 8. The van der Waals surface area contributed by atoms with Crippen LogP contribution >= 0.6 is 11.3 Å². The Bertz CT molecular complexity index is 1130. The van der Waals surface area contributed by atoms with Crippen LogP contribution in [0.4, 0.5) is 5.13 Å². The first-order valence-electron chi connectivity index (χ1n) is 11.5. The highest BCUT2D eigenvalue weighted by molar-refractivity contribution is 7.22. The molecule has 3 aromatic rings. The summed E-state index contributed by atoms with van der Waals surface area (Å²) in [5.41, 5.74) is 2.53.